The molecule has 4 aliphatic rings. The molecule has 0 saturated carbocycles. The number of halogens is 3. The summed E-state index contributed by atoms with van der Waals surface area (Å²) in [6.07, 6.45) is -0.299. The van der Waals surface area contributed by atoms with Gasteiger partial charge in [-0.2, -0.15) is 23.3 Å². The number of hydrogen-bond acceptors (Lipinski definition) is 10. The molecule has 2 aromatic heterocycles. The van der Waals surface area contributed by atoms with Crippen molar-refractivity contribution in [1.29, 1.82) is 0 Å². The highest BCUT2D eigenvalue weighted by molar-refractivity contribution is 7.53. The molecule has 0 aliphatic carbocycles. The summed E-state index contributed by atoms with van der Waals surface area (Å²) in [5.74, 6) is -0.875. The first-order chi connectivity index (χ1) is 21.9. The molecule has 0 fully saturated rings. The van der Waals surface area contributed by atoms with E-state index in [1.54, 1.807) is 68.4 Å². The maximum Gasteiger partial charge on any atom is 0.421 e. The van der Waals surface area contributed by atoms with E-state index in [9.17, 15) is 22.5 Å². The highest BCUT2D eigenvalue weighted by Gasteiger charge is 2.36. The fourth-order valence-corrected chi connectivity index (χ4v) is 6.50. The van der Waals surface area contributed by atoms with Crippen molar-refractivity contribution in [2.75, 3.05) is 45.1 Å². The first-order valence-corrected chi connectivity index (χ1v) is 16.0. The zero-order chi connectivity index (χ0) is 33.1. The molecule has 0 unspecified atom stereocenters. The number of aryl methyl sites for hydroxylation is 1. The van der Waals surface area contributed by atoms with Crippen LogP contribution in [-0.4, -0.2) is 65.0 Å². The Morgan fingerprint density at radius 1 is 1.11 bits per heavy atom. The number of carbonyl (C=O) groups is 1. The number of amides is 1. The van der Waals surface area contributed by atoms with Gasteiger partial charge in [-0.05, 0) is 48.7 Å². The third-order valence-electron chi connectivity index (χ3n) is 7.00. The first kappa shape index (κ1) is 32.9. The lowest BCUT2D eigenvalue weighted by molar-refractivity contribution is -0.137. The van der Waals surface area contributed by atoms with Gasteiger partial charge in [-0.25, -0.2) is 4.98 Å². The van der Waals surface area contributed by atoms with Crippen LogP contribution in [0, 0.1) is 0 Å². The van der Waals surface area contributed by atoms with E-state index in [0.29, 0.717) is 47.3 Å². The van der Waals surface area contributed by atoms with Crippen LogP contribution in [0.4, 0.5) is 36.3 Å². The Labute approximate surface area is 263 Å². The summed E-state index contributed by atoms with van der Waals surface area (Å²) in [6, 6.07) is 9.67. The van der Waals surface area contributed by atoms with E-state index in [0.717, 1.165) is 0 Å². The molecule has 0 saturated heterocycles. The molecule has 2 aromatic carbocycles. The van der Waals surface area contributed by atoms with E-state index in [4.69, 9.17) is 13.8 Å². The van der Waals surface area contributed by atoms with E-state index in [1.807, 2.05) is 0 Å². The summed E-state index contributed by atoms with van der Waals surface area (Å²) in [7, 11) is 0.968. The summed E-state index contributed by atoms with van der Waals surface area (Å²) in [5, 5.41) is 10.0. The van der Waals surface area contributed by atoms with E-state index in [1.165, 1.54) is 18.1 Å². The monoisotopic (exact) mass is 659 g/mol. The van der Waals surface area contributed by atoms with Gasteiger partial charge >= 0.3 is 13.8 Å². The van der Waals surface area contributed by atoms with Crippen LogP contribution >= 0.6 is 7.60 Å². The van der Waals surface area contributed by atoms with Crippen LogP contribution in [-0.2, 0) is 32.5 Å². The lowest BCUT2D eigenvalue weighted by Gasteiger charge is -2.20. The Morgan fingerprint density at radius 3 is 2.61 bits per heavy atom. The van der Waals surface area contributed by atoms with Gasteiger partial charge in [-0.15, -0.1) is 0 Å². The number of alkyl halides is 3. The molecule has 244 valence electrons. The van der Waals surface area contributed by atoms with Crippen LogP contribution in [0.3, 0.4) is 0 Å². The number of anilines is 4. The Balaban J connectivity index is 1.63. The molecule has 0 radical (unpaired) electrons. The highest BCUT2D eigenvalue weighted by Crippen LogP contribution is 2.52. The molecule has 8 rings (SSSR count). The zero-order valence-electron chi connectivity index (χ0n) is 25.6. The Hall–Kier alpha value is -4.46. The molecular formula is C30H33F3N7O5P. The normalized spacial score (nSPS) is 16.9. The number of ether oxygens (including phenoxy) is 1. The number of methoxy groups -OCH3 is 1. The topological polar surface area (TPSA) is 133 Å². The summed E-state index contributed by atoms with van der Waals surface area (Å²) < 4.78 is 74.5. The van der Waals surface area contributed by atoms with Crippen LogP contribution in [0.1, 0.15) is 34.8 Å². The van der Waals surface area contributed by atoms with Crippen LogP contribution in [0.5, 0.6) is 5.75 Å². The van der Waals surface area contributed by atoms with E-state index in [-0.39, 0.29) is 36.6 Å². The van der Waals surface area contributed by atoms with Crippen molar-refractivity contribution >= 4 is 36.6 Å². The SMILES string of the molecule is CCO[P@]1(=O)Cc2ccc(c(OC)c2)Nc2ncc(C(F)(F)F)c(n2)Nc2ccc(cc2C(=O)N(C)C)-c2cnn(c2)CCCO1. The Kier molecular flexibility index (Phi) is 9.66. The smallest absolute Gasteiger partial charge is 0.421 e. The average molecular weight is 660 g/mol. The highest BCUT2D eigenvalue weighted by atomic mass is 31.2. The first-order valence-electron chi connectivity index (χ1n) is 14.3. The molecule has 2 N–H and O–H groups in total. The molecule has 12 nitrogen and oxygen atoms in total. The predicted molar refractivity (Wildman–Crippen MR) is 166 cm³/mol. The lowest BCUT2D eigenvalue weighted by Crippen LogP contribution is -2.23. The van der Waals surface area contributed by atoms with Gasteiger partial charge in [-0.3, -0.25) is 14.0 Å². The van der Waals surface area contributed by atoms with Gasteiger partial charge in [0.1, 0.15) is 17.1 Å². The second-order valence-electron chi connectivity index (χ2n) is 10.6. The fraction of sp³-hybridized carbons (Fsp3) is 0.333. The van der Waals surface area contributed by atoms with Gasteiger partial charge in [0, 0.05) is 38.6 Å². The predicted octanol–water partition coefficient (Wildman–Crippen LogP) is 6.71. The van der Waals surface area contributed by atoms with Gasteiger partial charge in [0.15, 0.2) is 0 Å². The van der Waals surface area contributed by atoms with Crippen molar-refractivity contribution in [2.24, 2.45) is 0 Å². The zero-order valence-corrected chi connectivity index (χ0v) is 26.5. The minimum absolute atomic E-state index is 0.0299. The van der Waals surface area contributed by atoms with Crippen molar-refractivity contribution in [3.63, 3.8) is 0 Å². The Bertz CT molecular complexity index is 1780. The molecule has 4 aliphatic heterocycles. The summed E-state index contributed by atoms with van der Waals surface area (Å²) in [4.78, 5) is 22.6. The number of nitrogens with zero attached hydrogens (tertiary/aromatic N) is 5. The average Bonchev–Trinajstić information content (AvgIpc) is 3.48. The van der Waals surface area contributed by atoms with Crippen LogP contribution in [0.15, 0.2) is 55.0 Å². The second-order valence-corrected chi connectivity index (χ2v) is 12.6. The molecule has 0 spiro atoms. The van der Waals surface area contributed by atoms with Crippen LogP contribution in [0.25, 0.3) is 11.1 Å². The molecule has 6 heterocycles. The fourth-order valence-electron chi connectivity index (χ4n) is 4.79. The number of rotatable bonds is 4. The van der Waals surface area contributed by atoms with E-state index in [2.05, 4.69) is 25.7 Å². The second kappa shape index (κ2) is 13.5. The third kappa shape index (κ3) is 7.49. The van der Waals surface area contributed by atoms with Gasteiger partial charge in [0.25, 0.3) is 5.91 Å². The van der Waals surface area contributed by atoms with Crippen molar-refractivity contribution in [3.8, 4) is 16.9 Å². The molecular weight excluding hydrogens is 626 g/mol. The molecule has 46 heavy (non-hydrogen) atoms. The number of hydrogen-bond donors (Lipinski definition) is 2. The van der Waals surface area contributed by atoms with Gasteiger partial charge in [-0.1, -0.05) is 12.1 Å². The standard InChI is InChI=1S/C30H33F3N7O5P/c1-5-44-46(42)18-19-7-9-25(26(13-19)43-4)37-29-34-16-23(30(31,32)33)27(38-29)36-24-10-8-20(14-22(24)28(41)39(2)3)21-15-35-40(17-21)11-6-12-45-46/h7-10,13-17H,5-6,11-12,18H2,1-4H3,(H2,34,36,37,38)/t46-/m1/s1. The van der Waals surface area contributed by atoms with Gasteiger partial charge in [0.05, 0.1) is 49.6 Å². The number of aromatic nitrogens is 4. The minimum Gasteiger partial charge on any atom is -0.495 e. The minimum atomic E-state index is -4.80. The van der Waals surface area contributed by atoms with Crippen molar-refractivity contribution < 1.29 is 36.3 Å². The van der Waals surface area contributed by atoms with E-state index >= 15 is 0 Å². The molecule has 16 heteroatoms. The molecule has 1 amide bonds. The van der Waals surface area contributed by atoms with Crippen molar-refractivity contribution in [3.05, 3.63) is 71.7 Å². The number of carbonyl (C=O) groups excluding carboxylic acids is 1. The summed E-state index contributed by atoms with van der Waals surface area (Å²) >= 11 is 0. The Morgan fingerprint density at radius 2 is 1.89 bits per heavy atom. The largest absolute Gasteiger partial charge is 0.495 e. The van der Waals surface area contributed by atoms with Gasteiger partial charge < -0.3 is 29.3 Å². The van der Waals surface area contributed by atoms with Gasteiger partial charge in [0.2, 0.25) is 5.95 Å². The quantitative estimate of drug-likeness (QED) is 0.228. The molecule has 4 aromatic rings. The third-order valence-corrected chi connectivity index (χ3v) is 8.98. The summed E-state index contributed by atoms with van der Waals surface area (Å²) in [6.45, 7) is 2.49. The van der Waals surface area contributed by atoms with Crippen molar-refractivity contribution in [1.82, 2.24) is 24.6 Å². The number of nitrogens with one attached hydrogen (secondary N) is 2. The maximum atomic E-state index is 14.1. The van der Waals surface area contributed by atoms with Crippen molar-refractivity contribution in [2.45, 2.75) is 32.2 Å². The summed E-state index contributed by atoms with van der Waals surface area (Å²) in [5.41, 5.74) is 1.35. The number of benzene rings is 2. The van der Waals surface area contributed by atoms with Crippen LogP contribution < -0.4 is 15.4 Å². The van der Waals surface area contributed by atoms with Crippen LogP contribution in [0.2, 0.25) is 0 Å². The van der Waals surface area contributed by atoms with E-state index < -0.39 is 31.1 Å². The maximum absolute atomic E-state index is 14.1. The molecule has 1 atom stereocenters. The lowest BCUT2D eigenvalue weighted by atomic mass is 10.0. The molecule has 8 bridgehead atoms.